The molecule has 0 aliphatic carbocycles. The normalized spacial score (nSPS) is 23.5. The SMILES string of the molecule is O=C(C1CCCCN1)N1CCN(Cc2ccc(Cl)cc2)CC1. The number of benzene rings is 1. The Morgan fingerprint density at radius 1 is 1.14 bits per heavy atom. The number of amides is 1. The summed E-state index contributed by atoms with van der Waals surface area (Å²) >= 11 is 5.92. The van der Waals surface area contributed by atoms with Crippen molar-refractivity contribution >= 4 is 17.5 Å². The van der Waals surface area contributed by atoms with E-state index in [0.717, 1.165) is 50.7 Å². The van der Waals surface area contributed by atoms with Crippen LogP contribution in [-0.2, 0) is 11.3 Å². The van der Waals surface area contributed by atoms with Crippen molar-refractivity contribution in [3.8, 4) is 0 Å². The third-order valence-corrected chi connectivity index (χ3v) is 4.86. The van der Waals surface area contributed by atoms with Gasteiger partial charge < -0.3 is 10.2 Å². The van der Waals surface area contributed by atoms with Gasteiger partial charge >= 0.3 is 0 Å². The topological polar surface area (TPSA) is 35.6 Å². The van der Waals surface area contributed by atoms with Crippen molar-refractivity contribution in [2.24, 2.45) is 0 Å². The monoisotopic (exact) mass is 321 g/mol. The third kappa shape index (κ3) is 4.00. The second-order valence-electron chi connectivity index (χ2n) is 6.23. The average Bonchev–Trinajstić information content (AvgIpc) is 2.58. The summed E-state index contributed by atoms with van der Waals surface area (Å²) in [6, 6.07) is 8.07. The van der Waals surface area contributed by atoms with E-state index in [0.29, 0.717) is 5.91 Å². The minimum Gasteiger partial charge on any atom is -0.339 e. The summed E-state index contributed by atoms with van der Waals surface area (Å²) in [5, 5.41) is 4.13. The van der Waals surface area contributed by atoms with Crippen molar-refractivity contribution in [3.63, 3.8) is 0 Å². The first-order valence-electron chi connectivity index (χ1n) is 8.21. The maximum absolute atomic E-state index is 12.5. The quantitative estimate of drug-likeness (QED) is 0.926. The minimum atomic E-state index is 0.0524. The molecular weight excluding hydrogens is 298 g/mol. The number of nitrogens with zero attached hydrogens (tertiary/aromatic N) is 2. The lowest BCUT2D eigenvalue weighted by molar-refractivity contribution is -0.135. The summed E-state index contributed by atoms with van der Waals surface area (Å²) in [7, 11) is 0. The summed E-state index contributed by atoms with van der Waals surface area (Å²) in [6.45, 7) is 5.48. The van der Waals surface area contributed by atoms with Crippen LogP contribution in [0.2, 0.25) is 5.02 Å². The zero-order valence-electron chi connectivity index (χ0n) is 12.9. The van der Waals surface area contributed by atoms with Crippen molar-refractivity contribution in [2.45, 2.75) is 31.8 Å². The highest BCUT2D eigenvalue weighted by atomic mass is 35.5. The smallest absolute Gasteiger partial charge is 0.239 e. The summed E-state index contributed by atoms with van der Waals surface area (Å²) in [5.41, 5.74) is 1.28. The van der Waals surface area contributed by atoms with Crippen LogP contribution in [0, 0.1) is 0 Å². The lowest BCUT2D eigenvalue weighted by Crippen LogP contribution is -2.54. The molecule has 0 aromatic heterocycles. The number of piperazine rings is 1. The summed E-state index contributed by atoms with van der Waals surface area (Å²) in [6.07, 6.45) is 3.35. The van der Waals surface area contributed by atoms with Crippen LogP contribution in [0.1, 0.15) is 24.8 Å². The lowest BCUT2D eigenvalue weighted by Gasteiger charge is -2.37. The Bertz CT molecular complexity index is 491. The van der Waals surface area contributed by atoms with Crippen LogP contribution < -0.4 is 5.32 Å². The van der Waals surface area contributed by atoms with Gasteiger partial charge in [0.15, 0.2) is 0 Å². The molecule has 0 spiro atoms. The molecule has 2 aliphatic rings. The number of hydrogen-bond donors (Lipinski definition) is 1. The van der Waals surface area contributed by atoms with Crippen LogP contribution in [0.15, 0.2) is 24.3 Å². The number of piperidine rings is 1. The molecule has 22 heavy (non-hydrogen) atoms. The summed E-state index contributed by atoms with van der Waals surface area (Å²) < 4.78 is 0. The molecule has 1 aromatic rings. The molecule has 5 heteroatoms. The number of rotatable bonds is 3. The minimum absolute atomic E-state index is 0.0524. The first kappa shape index (κ1) is 15.8. The molecule has 2 fully saturated rings. The van der Waals surface area contributed by atoms with E-state index in [1.807, 2.05) is 17.0 Å². The van der Waals surface area contributed by atoms with Crippen molar-refractivity contribution < 1.29 is 4.79 Å². The van der Waals surface area contributed by atoms with E-state index in [1.54, 1.807) is 0 Å². The zero-order chi connectivity index (χ0) is 15.4. The van der Waals surface area contributed by atoms with Gasteiger partial charge in [0.05, 0.1) is 6.04 Å². The third-order valence-electron chi connectivity index (χ3n) is 4.61. The Morgan fingerprint density at radius 2 is 1.86 bits per heavy atom. The van der Waals surface area contributed by atoms with Gasteiger partial charge in [0, 0.05) is 37.7 Å². The van der Waals surface area contributed by atoms with Crippen LogP contribution in [0.3, 0.4) is 0 Å². The Balaban J connectivity index is 1.47. The molecule has 0 bridgehead atoms. The van der Waals surface area contributed by atoms with E-state index in [1.165, 1.54) is 18.4 Å². The van der Waals surface area contributed by atoms with Crippen LogP contribution in [0.4, 0.5) is 0 Å². The predicted molar refractivity (Wildman–Crippen MR) is 89.0 cm³/mol. The number of hydrogen-bond acceptors (Lipinski definition) is 3. The van der Waals surface area contributed by atoms with E-state index >= 15 is 0 Å². The number of carbonyl (C=O) groups excluding carboxylic acids is 1. The van der Waals surface area contributed by atoms with E-state index in [9.17, 15) is 4.79 Å². The molecule has 3 rings (SSSR count). The first-order chi connectivity index (χ1) is 10.7. The Labute approximate surface area is 137 Å². The highest BCUT2D eigenvalue weighted by Gasteiger charge is 2.28. The molecule has 1 atom stereocenters. The van der Waals surface area contributed by atoms with E-state index in [2.05, 4.69) is 22.3 Å². The van der Waals surface area contributed by atoms with Crippen molar-refractivity contribution in [1.82, 2.24) is 15.1 Å². The van der Waals surface area contributed by atoms with Gasteiger partial charge in [-0.1, -0.05) is 30.2 Å². The molecule has 2 aliphatic heterocycles. The van der Waals surface area contributed by atoms with Gasteiger partial charge in [-0.15, -0.1) is 0 Å². The van der Waals surface area contributed by atoms with Crippen LogP contribution >= 0.6 is 11.6 Å². The molecule has 0 saturated carbocycles. The van der Waals surface area contributed by atoms with Crippen LogP contribution in [0.25, 0.3) is 0 Å². The summed E-state index contributed by atoms with van der Waals surface area (Å²) in [5.74, 6) is 0.297. The van der Waals surface area contributed by atoms with Gasteiger partial charge in [0.2, 0.25) is 5.91 Å². The van der Waals surface area contributed by atoms with E-state index in [4.69, 9.17) is 11.6 Å². The zero-order valence-corrected chi connectivity index (χ0v) is 13.7. The van der Waals surface area contributed by atoms with Gasteiger partial charge in [-0.3, -0.25) is 9.69 Å². The number of halogens is 1. The van der Waals surface area contributed by atoms with Crippen molar-refractivity contribution in [1.29, 1.82) is 0 Å². The Kier molecular flexibility index (Phi) is 5.34. The van der Waals surface area contributed by atoms with Gasteiger partial charge in [0.1, 0.15) is 0 Å². The maximum Gasteiger partial charge on any atom is 0.239 e. The van der Waals surface area contributed by atoms with Gasteiger partial charge in [-0.2, -0.15) is 0 Å². The fourth-order valence-corrected chi connectivity index (χ4v) is 3.38. The van der Waals surface area contributed by atoms with Crippen LogP contribution in [0.5, 0.6) is 0 Å². The molecule has 1 amide bonds. The summed E-state index contributed by atoms with van der Waals surface area (Å²) in [4.78, 5) is 16.9. The maximum atomic E-state index is 12.5. The number of carbonyl (C=O) groups is 1. The molecule has 1 unspecified atom stereocenters. The second kappa shape index (κ2) is 7.44. The van der Waals surface area contributed by atoms with Gasteiger partial charge in [-0.25, -0.2) is 0 Å². The molecule has 4 nitrogen and oxygen atoms in total. The fraction of sp³-hybridized carbons (Fsp3) is 0.588. The highest BCUT2D eigenvalue weighted by Crippen LogP contribution is 2.15. The molecule has 2 saturated heterocycles. The molecule has 0 radical (unpaired) electrons. The molecule has 1 N–H and O–H groups in total. The molecule has 120 valence electrons. The lowest BCUT2D eigenvalue weighted by atomic mass is 10.0. The fourth-order valence-electron chi connectivity index (χ4n) is 3.26. The average molecular weight is 322 g/mol. The standard InChI is InChI=1S/C17H24ClN3O/c18-15-6-4-14(5-7-15)13-20-9-11-21(12-10-20)17(22)16-3-1-2-8-19-16/h4-7,16,19H,1-3,8-13H2. The molecule has 2 heterocycles. The van der Waals surface area contributed by atoms with Crippen molar-refractivity contribution in [2.75, 3.05) is 32.7 Å². The Morgan fingerprint density at radius 3 is 2.50 bits per heavy atom. The largest absolute Gasteiger partial charge is 0.339 e. The van der Waals surface area contributed by atoms with E-state index < -0.39 is 0 Å². The first-order valence-corrected chi connectivity index (χ1v) is 8.59. The second-order valence-corrected chi connectivity index (χ2v) is 6.67. The van der Waals surface area contributed by atoms with Gasteiger partial charge in [0.25, 0.3) is 0 Å². The Hall–Kier alpha value is -1.10. The van der Waals surface area contributed by atoms with E-state index in [-0.39, 0.29) is 6.04 Å². The van der Waals surface area contributed by atoms with Crippen molar-refractivity contribution in [3.05, 3.63) is 34.9 Å². The molecular formula is C17H24ClN3O. The number of nitrogens with one attached hydrogen (secondary N) is 1. The predicted octanol–water partition coefficient (Wildman–Crippen LogP) is 2.13. The van der Waals surface area contributed by atoms with Gasteiger partial charge in [-0.05, 0) is 37.1 Å². The van der Waals surface area contributed by atoms with Crippen LogP contribution in [-0.4, -0.2) is 54.5 Å². The molecule has 1 aromatic carbocycles. The highest BCUT2D eigenvalue weighted by molar-refractivity contribution is 6.30.